The number of nitrogens with zero attached hydrogens (tertiary/aromatic N) is 5. The number of fused-ring (bicyclic) bond motifs is 1. The van der Waals surface area contributed by atoms with Crippen molar-refractivity contribution in [1.82, 2.24) is 15.2 Å². The third-order valence-corrected chi connectivity index (χ3v) is 8.23. The molecule has 8 nitrogen and oxygen atoms in total. The monoisotopic (exact) mass is 575 g/mol. The fraction of sp³-hybridized carbons (Fsp3) is 0.387. The van der Waals surface area contributed by atoms with Crippen molar-refractivity contribution in [1.29, 1.82) is 0 Å². The first-order valence-electron chi connectivity index (χ1n) is 14.0. The van der Waals surface area contributed by atoms with Crippen molar-refractivity contribution in [3.8, 4) is 5.75 Å². The Bertz CT molecular complexity index is 1510. The number of rotatable bonds is 9. The molecule has 10 heteroatoms. The Balaban J connectivity index is 1.67. The maximum Gasteiger partial charge on any atom is 0.176 e. The van der Waals surface area contributed by atoms with Gasteiger partial charge in [-0.1, -0.05) is 6.92 Å². The zero-order chi connectivity index (χ0) is 29.1. The SMILES string of the molecule is CC/C(C)=C(/C(=C(\N=C(/C)N(C)c1ccc(SC)cc1F)Nc1cc(C)[nH]n1)C1CC1)N1CCOc2cccnc21. The Morgan fingerprint density at radius 3 is 2.73 bits per heavy atom. The van der Waals surface area contributed by atoms with Gasteiger partial charge in [0.05, 0.1) is 12.2 Å². The first kappa shape index (κ1) is 28.7. The maximum absolute atomic E-state index is 15.1. The van der Waals surface area contributed by atoms with Crippen LogP contribution in [0.25, 0.3) is 0 Å². The van der Waals surface area contributed by atoms with Crippen LogP contribution < -0.4 is 19.9 Å². The van der Waals surface area contributed by atoms with Gasteiger partial charge >= 0.3 is 0 Å². The number of aliphatic imine (C=N–C) groups is 1. The molecule has 0 spiro atoms. The molecule has 1 saturated carbocycles. The van der Waals surface area contributed by atoms with Crippen LogP contribution in [0.1, 0.15) is 45.7 Å². The number of ether oxygens (including phenoxy) is 1. The van der Waals surface area contributed by atoms with Crippen LogP contribution in [-0.4, -0.2) is 47.5 Å². The van der Waals surface area contributed by atoms with Gasteiger partial charge in [0.15, 0.2) is 17.4 Å². The summed E-state index contributed by atoms with van der Waals surface area (Å²) in [5, 5.41) is 11.0. The van der Waals surface area contributed by atoms with E-state index >= 15 is 4.39 Å². The normalized spacial score (nSPS) is 16.5. The second-order valence-electron chi connectivity index (χ2n) is 10.4. The number of anilines is 3. The van der Waals surface area contributed by atoms with Gasteiger partial charge in [-0.2, -0.15) is 5.10 Å². The molecule has 1 fully saturated rings. The van der Waals surface area contributed by atoms with E-state index in [1.165, 1.54) is 17.3 Å². The van der Waals surface area contributed by atoms with Crippen LogP contribution in [0.3, 0.4) is 0 Å². The molecule has 1 aliphatic heterocycles. The minimum absolute atomic E-state index is 0.281. The lowest BCUT2D eigenvalue weighted by Gasteiger charge is -2.35. The number of allylic oxidation sites excluding steroid dienone is 2. The lowest BCUT2D eigenvalue weighted by molar-refractivity contribution is 0.309. The van der Waals surface area contributed by atoms with Gasteiger partial charge in [-0.15, -0.1) is 11.8 Å². The molecule has 0 radical (unpaired) electrons. The van der Waals surface area contributed by atoms with E-state index in [0.717, 1.165) is 52.7 Å². The predicted octanol–water partition coefficient (Wildman–Crippen LogP) is 7.15. The smallest absolute Gasteiger partial charge is 0.176 e. The molecule has 3 heterocycles. The molecule has 0 unspecified atom stereocenters. The van der Waals surface area contributed by atoms with Crippen LogP contribution in [0.4, 0.5) is 21.7 Å². The summed E-state index contributed by atoms with van der Waals surface area (Å²) in [5.41, 5.74) is 4.89. The van der Waals surface area contributed by atoms with E-state index in [-0.39, 0.29) is 5.82 Å². The molecular weight excluding hydrogens is 537 g/mol. The summed E-state index contributed by atoms with van der Waals surface area (Å²) >= 11 is 1.52. The first-order valence-corrected chi connectivity index (χ1v) is 15.2. The van der Waals surface area contributed by atoms with Crippen molar-refractivity contribution in [3.05, 3.63) is 76.8 Å². The summed E-state index contributed by atoms with van der Waals surface area (Å²) in [6.07, 6.45) is 6.75. The van der Waals surface area contributed by atoms with Gasteiger partial charge in [0.1, 0.15) is 24.1 Å². The third-order valence-electron chi connectivity index (χ3n) is 7.51. The Hall–Kier alpha value is -3.79. The summed E-state index contributed by atoms with van der Waals surface area (Å²) in [6, 6.07) is 11.1. The van der Waals surface area contributed by atoms with Crippen LogP contribution in [0.2, 0.25) is 0 Å². The number of H-pyrrole nitrogens is 1. The van der Waals surface area contributed by atoms with Crippen molar-refractivity contribution in [2.45, 2.75) is 51.9 Å². The highest BCUT2D eigenvalue weighted by Gasteiger charge is 2.36. The Morgan fingerprint density at radius 2 is 2.07 bits per heavy atom. The molecule has 1 aromatic carbocycles. The van der Waals surface area contributed by atoms with E-state index < -0.39 is 0 Å². The number of aryl methyl sites for hydroxylation is 1. The predicted molar refractivity (Wildman–Crippen MR) is 166 cm³/mol. The maximum atomic E-state index is 15.1. The van der Waals surface area contributed by atoms with Crippen LogP contribution in [0.5, 0.6) is 5.75 Å². The number of amidine groups is 1. The minimum Gasteiger partial charge on any atom is -0.488 e. The molecule has 2 N–H and O–H groups in total. The molecule has 0 saturated heterocycles. The highest BCUT2D eigenvalue weighted by atomic mass is 32.2. The van der Waals surface area contributed by atoms with Crippen LogP contribution in [0, 0.1) is 18.7 Å². The molecule has 0 bridgehead atoms. The van der Waals surface area contributed by atoms with Gasteiger partial charge in [-0.05, 0) is 88.1 Å². The number of hydrogen-bond acceptors (Lipinski definition) is 7. The van der Waals surface area contributed by atoms with Crippen molar-refractivity contribution >= 4 is 34.9 Å². The number of halogens is 1. The van der Waals surface area contributed by atoms with Crippen molar-refractivity contribution in [2.24, 2.45) is 10.9 Å². The topological polar surface area (TPSA) is 81.7 Å². The molecule has 41 heavy (non-hydrogen) atoms. The number of aromatic nitrogens is 3. The quantitative estimate of drug-likeness (QED) is 0.121. The van der Waals surface area contributed by atoms with Gasteiger partial charge in [-0.3, -0.25) is 5.10 Å². The van der Waals surface area contributed by atoms with E-state index in [4.69, 9.17) is 14.7 Å². The molecule has 2 aromatic heterocycles. The zero-order valence-corrected chi connectivity index (χ0v) is 25.4. The Kier molecular flexibility index (Phi) is 8.68. The second kappa shape index (κ2) is 12.4. The summed E-state index contributed by atoms with van der Waals surface area (Å²) in [5.74, 6) is 3.66. The number of benzene rings is 1. The fourth-order valence-corrected chi connectivity index (χ4v) is 5.39. The molecule has 0 amide bonds. The largest absolute Gasteiger partial charge is 0.488 e. The number of aromatic amines is 1. The minimum atomic E-state index is -0.281. The molecule has 216 valence electrons. The third kappa shape index (κ3) is 6.27. The van der Waals surface area contributed by atoms with Gasteiger partial charge in [0.2, 0.25) is 0 Å². The number of thioether (sulfide) groups is 1. The van der Waals surface area contributed by atoms with Crippen LogP contribution >= 0.6 is 11.8 Å². The molecule has 0 atom stereocenters. The van der Waals surface area contributed by atoms with Crippen molar-refractivity contribution in [2.75, 3.05) is 41.6 Å². The van der Waals surface area contributed by atoms with E-state index in [1.54, 1.807) is 23.2 Å². The molecule has 3 aromatic rings. The fourth-order valence-electron chi connectivity index (χ4n) is 4.97. The highest BCUT2D eigenvalue weighted by molar-refractivity contribution is 7.98. The summed E-state index contributed by atoms with van der Waals surface area (Å²) in [6.45, 7) is 9.47. The van der Waals surface area contributed by atoms with E-state index in [1.807, 2.05) is 51.4 Å². The molecule has 5 rings (SSSR count). The summed E-state index contributed by atoms with van der Waals surface area (Å²) < 4.78 is 21.1. The van der Waals surface area contributed by atoms with Gasteiger partial charge in [0.25, 0.3) is 0 Å². The van der Waals surface area contributed by atoms with Gasteiger partial charge in [-0.25, -0.2) is 14.4 Å². The molecular formula is C31H38FN7OS. The van der Waals surface area contributed by atoms with Crippen molar-refractivity contribution < 1.29 is 9.13 Å². The molecule has 2 aliphatic rings. The average molecular weight is 576 g/mol. The summed E-state index contributed by atoms with van der Waals surface area (Å²) in [7, 11) is 1.85. The molecule has 1 aliphatic carbocycles. The Morgan fingerprint density at radius 1 is 1.27 bits per heavy atom. The van der Waals surface area contributed by atoms with Crippen LogP contribution in [0.15, 0.2) is 75.1 Å². The first-order chi connectivity index (χ1) is 19.8. The van der Waals surface area contributed by atoms with E-state index in [9.17, 15) is 0 Å². The average Bonchev–Trinajstić information content (AvgIpc) is 3.74. The van der Waals surface area contributed by atoms with E-state index in [2.05, 4.69) is 34.3 Å². The Labute approximate surface area is 245 Å². The lowest BCUT2D eigenvalue weighted by atomic mass is 9.99. The number of nitrogens with one attached hydrogen (secondary N) is 2. The second-order valence-corrected chi connectivity index (χ2v) is 11.3. The number of hydrogen-bond donors (Lipinski definition) is 2. The van der Waals surface area contributed by atoms with Gasteiger partial charge < -0.3 is 19.9 Å². The summed E-state index contributed by atoms with van der Waals surface area (Å²) in [4.78, 5) is 14.8. The zero-order valence-electron chi connectivity index (χ0n) is 24.6. The standard InChI is InChI=1S/C31H38FN7OS/c1-7-19(2)29(39-15-16-40-26-9-8-14-33-31(26)39)28(22-10-11-22)30(35-27-17-20(3)36-37-27)34-21(4)38(5)25-13-12-23(41-6)18-24(25)32/h8-9,12-14,17-18,22H,7,10-11,15-16H2,1-6H3,(H2,35,36,37)/b29-19-,30-28+,34-21+. The van der Waals surface area contributed by atoms with E-state index in [0.29, 0.717) is 42.2 Å². The van der Waals surface area contributed by atoms with Crippen LogP contribution in [-0.2, 0) is 0 Å². The number of pyridine rings is 1. The highest BCUT2D eigenvalue weighted by Crippen LogP contribution is 2.46. The lowest BCUT2D eigenvalue weighted by Crippen LogP contribution is -2.35. The van der Waals surface area contributed by atoms with Crippen molar-refractivity contribution in [3.63, 3.8) is 0 Å². The van der Waals surface area contributed by atoms with Gasteiger partial charge in [0, 0.05) is 41.2 Å².